The Kier molecular flexibility index (Phi) is 3.10. The highest BCUT2D eigenvalue weighted by Crippen LogP contribution is 2.29. The van der Waals surface area contributed by atoms with Crippen LogP contribution in [-0.2, 0) is 5.88 Å². The molecular formula is C8H6ClF3O2. The smallest absolute Gasteiger partial charge is 0.508 e. The van der Waals surface area contributed by atoms with Gasteiger partial charge in [-0.2, -0.15) is 0 Å². The third-order valence-corrected chi connectivity index (χ3v) is 1.70. The highest BCUT2D eigenvalue weighted by molar-refractivity contribution is 6.17. The summed E-state index contributed by atoms with van der Waals surface area (Å²) in [5.74, 6) is -0.722. The Morgan fingerprint density at radius 3 is 2.50 bits per heavy atom. The van der Waals surface area contributed by atoms with Crippen LogP contribution in [0.4, 0.5) is 13.2 Å². The molecule has 0 aliphatic heterocycles. The van der Waals surface area contributed by atoms with Crippen molar-refractivity contribution in [3.63, 3.8) is 0 Å². The molecule has 6 heteroatoms. The molecule has 0 aliphatic rings. The first-order valence-corrected chi connectivity index (χ1v) is 4.09. The van der Waals surface area contributed by atoms with E-state index in [0.29, 0.717) is 0 Å². The zero-order chi connectivity index (χ0) is 10.8. The lowest BCUT2D eigenvalue weighted by molar-refractivity contribution is -0.274. The molecule has 0 aliphatic carbocycles. The predicted molar refractivity (Wildman–Crippen MR) is 44.3 cm³/mol. The summed E-state index contributed by atoms with van der Waals surface area (Å²) in [5, 5.41) is 8.97. The Balaban J connectivity index is 2.97. The molecule has 0 bridgehead atoms. The third kappa shape index (κ3) is 2.99. The average Bonchev–Trinajstić information content (AvgIpc) is 2.06. The molecule has 1 aromatic carbocycles. The van der Waals surface area contributed by atoms with Crippen molar-refractivity contribution < 1.29 is 23.0 Å². The molecule has 1 N–H and O–H groups in total. The number of alkyl halides is 4. The van der Waals surface area contributed by atoms with Crippen molar-refractivity contribution >= 4 is 11.6 Å². The van der Waals surface area contributed by atoms with Crippen molar-refractivity contribution in [2.24, 2.45) is 0 Å². The molecule has 0 saturated carbocycles. The first-order chi connectivity index (χ1) is 6.42. The summed E-state index contributed by atoms with van der Waals surface area (Å²) in [5.41, 5.74) is 0.0870. The maximum atomic E-state index is 11.8. The Hall–Kier alpha value is -1.10. The van der Waals surface area contributed by atoms with E-state index in [0.717, 1.165) is 18.2 Å². The number of benzene rings is 1. The van der Waals surface area contributed by atoms with E-state index in [2.05, 4.69) is 4.74 Å². The quantitative estimate of drug-likeness (QED) is 0.786. The number of aromatic hydroxyl groups is 1. The zero-order valence-corrected chi connectivity index (χ0v) is 7.56. The third-order valence-electron chi connectivity index (χ3n) is 1.41. The predicted octanol–water partition coefficient (Wildman–Crippen LogP) is 3.03. The second-order valence-corrected chi connectivity index (χ2v) is 2.74. The van der Waals surface area contributed by atoms with E-state index < -0.39 is 12.1 Å². The van der Waals surface area contributed by atoms with Gasteiger partial charge in [0.15, 0.2) is 0 Å². The largest absolute Gasteiger partial charge is 0.573 e. The average molecular weight is 227 g/mol. The molecule has 0 amide bonds. The maximum Gasteiger partial charge on any atom is 0.573 e. The summed E-state index contributed by atoms with van der Waals surface area (Å²) >= 11 is 5.37. The Morgan fingerprint density at radius 1 is 1.36 bits per heavy atom. The van der Waals surface area contributed by atoms with Crippen molar-refractivity contribution in [2.45, 2.75) is 12.2 Å². The van der Waals surface area contributed by atoms with Gasteiger partial charge in [-0.1, -0.05) is 0 Å². The summed E-state index contributed by atoms with van der Waals surface area (Å²) in [6.45, 7) is 0. The highest BCUT2D eigenvalue weighted by Gasteiger charge is 2.31. The molecule has 2 nitrogen and oxygen atoms in total. The van der Waals surface area contributed by atoms with E-state index in [-0.39, 0.29) is 17.2 Å². The SMILES string of the molecule is Oc1ccc(OC(F)(F)F)c(CCl)c1. The normalized spacial score (nSPS) is 11.4. The molecule has 0 fully saturated rings. The fourth-order valence-electron chi connectivity index (χ4n) is 0.895. The minimum absolute atomic E-state index is 0.0870. The van der Waals surface area contributed by atoms with Crippen LogP contribution in [0.2, 0.25) is 0 Å². The number of phenolic OH excluding ortho intramolecular Hbond substituents is 1. The molecule has 0 aromatic heterocycles. The van der Waals surface area contributed by atoms with Gasteiger partial charge in [0, 0.05) is 5.56 Å². The molecule has 78 valence electrons. The van der Waals surface area contributed by atoms with Crippen LogP contribution in [0.15, 0.2) is 18.2 Å². The van der Waals surface area contributed by atoms with E-state index in [4.69, 9.17) is 16.7 Å². The number of ether oxygens (including phenoxy) is 1. The monoisotopic (exact) mass is 226 g/mol. The van der Waals surface area contributed by atoms with Crippen molar-refractivity contribution in [3.05, 3.63) is 23.8 Å². The number of hydrogen-bond donors (Lipinski definition) is 1. The van der Waals surface area contributed by atoms with E-state index in [1.54, 1.807) is 0 Å². The van der Waals surface area contributed by atoms with Crippen molar-refractivity contribution in [1.29, 1.82) is 0 Å². The molecular weight excluding hydrogens is 221 g/mol. The molecule has 0 spiro atoms. The van der Waals surface area contributed by atoms with Gasteiger partial charge in [-0.05, 0) is 18.2 Å². The first kappa shape index (κ1) is 11.0. The van der Waals surface area contributed by atoms with E-state index in [9.17, 15) is 13.2 Å². The summed E-state index contributed by atoms with van der Waals surface area (Å²) in [7, 11) is 0. The Bertz CT molecular complexity index is 325. The van der Waals surface area contributed by atoms with Gasteiger partial charge in [0.05, 0.1) is 5.88 Å². The second-order valence-electron chi connectivity index (χ2n) is 2.47. The summed E-state index contributed by atoms with van der Waals surface area (Å²) in [6, 6.07) is 3.23. The molecule has 1 aromatic rings. The first-order valence-electron chi connectivity index (χ1n) is 3.56. The van der Waals surface area contributed by atoms with Crippen LogP contribution in [0, 0.1) is 0 Å². The Labute approximate surface area is 82.9 Å². The van der Waals surface area contributed by atoms with Gasteiger partial charge in [-0.25, -0.2) is 0 Å². The van der Waals surface area contributed by atoms with Crippen molar-refractivity contribution in [3.8, 4) is 11.5 Å². The lowest BCUT2D eigenvalue weighted by Crippen LogP contribution is -2.17. The van der Waals surface area contributed by atoms with Crippen LogP contribution >= 0.6 is 11.6 Å². The molecule has 1 rings (SSSR count). The number of halogens is 4. The minimum atomic E-state index is -4.75. The molecule has 0 saturated heterocycles. The van der Waals surface area contributed by atoms with Crippen LogP contribution < -0.4 is 4.74 Å². The number of phenols is 1. The fraction of sp³-hybridized carbons (Fsp3) is 0.250. The number of rotatable bonds is 2. The van der Waals surface area contributed by atoms with E-state index in [1.807, 2.05) is 0 Å². The van der Waals surface area contributed by atoms with Crippen LogP contribution in [0.25, 0.3) is 0 Å². The van der Waals surface area contributed by atoms with Gasteiger partial charge >= 0.3 is 6.36 Å². The van der Waals surface area contributed by atoms with Crippen LogP contribution in [-0.4, -0.2) is 11.5 Å². The van der Waals surface area contributed by atoms with Crippen LogP contribution in [0.5, 0.6) is 11.5 Å². The fourth-order valence-corrected chi connectivity index (χ4v) is 1.10. The maximum absolute atomic E-state index is 11.8. The highest BCUT2D eigenvalue weighted by atomic mass is 35.5. The van der Waals surface area contributed by atoms with E-state index in [1.165, 1.54) is 0 Å². The van der Waals surface area contributed by atoms with E-state index >= 15 is 0 Å². The molecule has 0 heterocycles. The van der Waals surface area contributed by atoms with Gasteiger partial charge in [0.2, 0.25) is 0 Å². The van der Waals surface area contributed by atoms with Gasteiger partial charge < -0.3 is 9.84 Å². The number of hydrogen-bond acceptors (Lipinski definition) is 2. The van der Waals surface area contributed by atoms with Crippen molar-refractivity contribution in [2.75, 3.05) is 0 Å². The topological polar surface area (TPSA) is 29.5 Å². The summed E-state index contributed by atoms with van der Waals surface area (Å²) < 4.78 is 39.2. The van der Waals surface area contributed by atoms with Crippen LogP contribution in [0.3, 0.4) is 0 Å². The van der Waals surface area contributed by atoms with Crippen molar-refractivity contribution in [1.82, 2.24) is 0 Å². The standard InChI is InChI=1S/C8H6ClF3O2/c9-4-5-3-6(13)1-2-7(5)14-8(10,11)12/h1-3,13H,4H2. The lowest BCUT2D eigenvalue weighted by atomic mass is 10.2. The molecule has 0 atom stereocenters. The Morgan fingerprint density at radius 2 is 2.00 bits per heavy atom. The minimum Gasteiger partial charge on any atom is -0.508 e. The molecule has 0 radical (unpaired) electrons. The molecule has 14 heavy (non-hydrogen) atoms. The molecule has 0 unspecified atom stereocenters. The summed E-state index contributed by atoms with van der Waals surface area (Å²) in [4.78, 5) is 0. The van der Waals surface area contributed by atoms with Gasteiger partial charge in [0.1, 0.15) is 11.5 Å². The van der Waals surface area contributed by atoms with Gasteiger partial charge in [-0.3, -0.25) is 0 Å². The van der Waals surface area contributed by atoms with Crippen LogP contribution in [0.1, 0.15) is 5.56 Å². The zero-order valence-electron chi connectivity index (χ0n) is 6.81. The lowest BCUT2D eigenvalue weighted by Gasteiger charge is -2.11. The van der Waals surface area contributed by atoms with Gasteiger partial charge in [-0.15, -0.1) is 24.8 Å². The summed E-state index contributed by atoms with van der Waals surface area (Å²) in [6.07, 6.45) is -4.75. The van der Waals surface area contributed by atoms with Gasteiger partial charge in [0.25, 0.3) is 0 Å². The second kappa shape index (κ2) is 3.96.